The van der Waals surface area contributed by atoms with Crippen LogP contribution in [0.2, 0.25) is 0 Å². The van der Waals surface area contributed by atoms with E-state index in [-0.39, 0.29) is 14.5 Å². The molecule has 4 rings (SSSR count). The summed E-state index contributed by atoms with van der Waals surface area (Å²) in [5.74, 6) is 0.750. The Morgan fingerprint density at radius 1 is 1.06 bits per heavy atom. The number of nitrogens with one attached hydrogen (secondary N) is 1. The van der Waals surface area contributed by atoms with Gasteiger partial charge in [-0.15, -0.1) is 10.2 Å². The van der Waals surface area contributed by atoms with Crippen LogP contribution in [0.25, 0.3) is 34.3 Å². The fraction of sp³-hybridized carbons (Fsp3) is 0.346. The van der Waals surface area contributed by atoms with Crippen molar-refractivity contribution in [1.82, 2.24) is 30.0 Å². The molecule has 8 nitrogen and oxygen atoms in total. The van der Waals surface area contributed by atoms with Gasteiger partial charge in [0.15, 0.2) is 0 Å². The van der Waals surface area contributed by atoms with Gasteiger partial charge in [0.2, 0.25) is 5.89 Å². The van der Waals surface area contributed by atoms with Crippen LogP contribution < -0.4 is 10.9 Å². The lowest BCUT2D eigenvalue weighted by molar-refractivity contribution is 0.578. The molecule has 0 aliphatic carbocycles. The lowest BCUT2D eigenvalue weighted by atomic mass is 10.0. The second kappa shape index (κ2) is 9.69. The summed E-state index contributed by atoms with van der Waals surface area (Å²) in [5.41, 5.74) is 5.73. The van der Waals surface area contributed by atoms with Crippen molar-refractivity contribution >= 4 is 0 Å². The average Bonchev–Trinajstić information content (AvgIpc) is 3.28. The van der Waals surface area contributed by atoms with Crippen molar-refractivity contribution in [3.05, 3.63) is 69.9 Å². The molecule has 1 aromatic carbocycles. The van der Waals surface area contributed by atoms with Crippen molar-refractivity contribution in [3.63, 3.8) is 0 Å². The molecular formula is C26H34N6O2. The molecule has 0 aliphatic rings. The number of benzene rings is 1. The largest absolute Gasteiger partial charge is 0.415 e. The van der Waals surface area contributed by atoms with E-state index in [1.165, 1.54) is 5.56 Å². The van der Waals surface area contributed by atoms with E-state index in [1.807, 2.05) is 33.8 Å². The molecule has 0 fully saturated rings. The van der Waals surface area contributed by atoms with Crippen molar-refractivity contribution in [3.8, 4) is 34.3 Å². The van der Waals surface area contributed by atoms with Gasteiger partial charge in [0.25, 0.3) is 11.4 Å². The first-order valence-corrected chi connectivity index (χ1v) is 11.5. The predicted molar refractivity (Wildman–Crippen MR) is 137 cm³/mol. The lowest BCUT2D eigenvalue weighted by Gasteiger charge is -2.11. The smallest absolute Gasteiger partial charge is 0.268 e. The summed E-state index contributed by atoms with van der Waals surface area (Å²) in [4.78, 5) is 21.4. The molecule has 0 atom stereocenters. The standard InChI is InChI=1S/C26H30N6O2.2H2/c1-15(2)27-12-19-7-9-21(17(5)11-19)25-30-31-26(34-25)24-18(6)28-13-22(29-24)20-8-10-23(33)32(14-20)16(3)4;;/h7-11,13-16,27H,12H2,1-6H3;2*1H. The third kappa shape index (κ3) is 4.97. The highest BCUT2D eigenvalue weighted by atomic mass is 16.4. The Kier molecular flexibility index (Phi) is 6.70. The second-order valence-corrected chi connectivity index (χ2v) is 9.04. The summed E-state index contributed by atoms with van der Waals surface area (Å²) in [6.45, 7) is 12.9. The Labute approximate surface area is 202 Å². The number of rotatable bonds is 7. The minimum atomic E-state index is -0.0537. The first-order chi connectivity index (χ1) is 16.2. The van der Waals surface area contributed by atoms with Gasteiger partial charge in [0, 0.05) is 44.9 Å². The van der Waals surface area contributed by atoms with Crippen LogP contribution >= 0.6 is 0 Å². The van der Waals surface area contributed by atoms with Crippen LogP contribution in [0.15, 0.2) is 51.9 Å². The zero-order chi connectivity index (χ0) is 24.4. The van der Waals surface area contributed by atoms with E-state index >= 15 is 0 Å². The average molecular weight is 463 g/mol. The first-order valence-electron chi connectivity index (χ1n) is 11.5. The SMILES string of the molecule is Cc1cc(CNC(C)C)ccc1-c1nnc(-c2nc(-c3ccc(=O)n(C(C)C)c3)cnc2C)o1.[HH].[HH]. The molecule has 8 heteroatoms. The van der Waals surface area contributed by atoms with Gasteiger partial charge >= 0.3 is 0 Å². The molecule has 0 bridgehead atoms. The van der Waals surface area contributed by atoms with E-state index in [1.54, 1.807) is 29.1 Å². The lowest BCUT2D eigenvalue weighted by Crippen LogP contribution is -2.21. The second-order valence-electron chi connectivity index (χ2n) is 9.04. The Morgan fingerprint density at radius 3 is 2.53 bits per heavy atom. The minimum Gasteiger partial charge on any atom is -0.415 e. The first kappa shape index (κ1) is 23.5. The van der Waals surface area contributed by atoms with Crippen molar-refractivity contribution in [2.45, 2.75) is 60.2 Å². The molecule has 180 valence electrons. The topological polar surface area (TPSA) is 98.7 Å². The van der Waals surface area contributed by atoms with Gasteiger partial charge in [-0.25, -0.2) is 4.98 Å². The molecule has 3 heterocycles. The number of nitrogens with zero attached hydrogens (tertiary/aromatic N) is 5. The van der Waals surface area contributed by atoms with Gasteiger partial charge in [0.1, 0.15) is 5.69 Å². The Hall–Kier alpha value is -3.65. The van der Waals surface area contributed by atoms with Crippen LogP contribution in [0.5, 0.6) is 0 Å². The fourth-order valence-electron chi connectivity index (χ4n) is 3.68. The minimum absolute atomic E-state index is 0. The van der Waals surface area contributed by atoms with Crippen molar-refractivity contribution < 1.29 is 7.27 Å². The third-order valence-electron chi connectivity index (χ3n) is 5.61. The molecular weight excluding hydrogens is 428 g/mol. The van der Waals surface area contributed by atoms with Crippen LogP contribution in [0.3, 0.4) is 0 Å². The maximum absolute atomic E-state index is 12.1. The molecule has 0 saturated heterocycles. The van der Waals surface area contributed by atoms with E-state index in [9.17, 15) is 4.79 Å². The molecule has 0 aliphatic heterocycles. The summed E-state index contributed by atoms with van der Waals surface area (Å²) >= 11 is 0. The fourth-order valence-corrected chi connectivity index (χ4v) is 3.68. The van der Waals surface area contributed by atoms with Crippen molar-refractivity contribution in [2.24, 2.45) is 0 Å². The normalized spacial score (nSPS) is 11.5. The van der Waals surface area contributed by atoms with Gasteiger partial charge in [-0.05, 0) is 51.0 Å². The molecule has 3 aromatic heterocycles. The molecule has 0 unspecified atom stereocenters. The molecule has 4 aromatic rings. The molecule has 34 heavy (non-hydrogen) atoms. The van der Waals surface area contributed by atoms with Crippen molar-refractivity contribution in [1.29, 1.82) is 0 Å². The number of aryl methyl sites for hydroxylation is 2. The van der Waals surface area contributed by atoms with E-state index in [2.05, 4.69) is 46.5 Å². The number of hydrogen-bond acceptors (Lipinski definition) is 7. The summed E-state index contributed by atoms with van der Waals surface area (Å²) in [6.07, 6.45) is 3.49. The summed E-state index contributed by atoms with van der Waals surface area (Å²) in [5, 5.41) is 12.0. The summed E-state index contributed by atoms with van der Waals surface area (Å²) < 4.78 is 7.70. The monoisotopic (exact) mass is 462 g/mol. The zero-order valence-electron chi connectivity index (χ0n) is 20.5. The van der Waals surface area contributed by atoms with E-state index < -0.39 is 0 Å². The van der Waals surface area contributed by atoms with Crippen LogP contribution in [-0.4, -0.2) is 30.8 Å². The maximum Gasteiger partial charge on any atom is 0.268 e. The maximum atomic E-state index is 12.1. The van der Waals surface area contributed by atoms with Gasteiger partial charge in [-0.2, -0.15) is 0 Å². The highest BCUT2D eigenvalue weighted by Gasteiger charge is 2.18. The summed E-state index contributed by atoms with van der Waals surface area (Å²) in [6, 6.07) is 9.97. The summed E-state index contributed by atoms with van der Waals surface area (Å²) in [7, 11) is 0. The Morgan fingerprint density at radius 2 is 1.82 bits per heavy atom. The van der Waals surface area contributed by atoms with Crippen LogP contribution in [0.4, 0.5) is 0 Å². The number of hydrogen-bond donors (Lipinski definition) is 1. The van der Waals surface area contributed by atoms with Crippen LogP contribution in [-0.2, 0) is 6.54 Å². The molecule has 0 spiro atoms. The van der Waals surface area contributed by atoms with Crippen LogP contribution in [0, 0.1) is 13.8 Å². The van der Waals surface area contributed by atoms with Crippen LogP contribution in [0.1, 0.15) is 53.4 Å². The highest BCUT2D eigenvalue weighted by Crippen LogP contribution is 2.28. The number of aromatic nitrogens is 5. The van der Waals surface area contributed by atoms with Gasteiger partial charge in [-0.1, -0.05) is 26.0 Å². The molecule has 0 radical (unpaired) electrons. The van der Waals surface area contributed by atoms with Gasteiger partial charge in [0.05, 0.1) is 17.6 Å². The zero-order valence-corrected chi connectivity index (χ0v) is 20.5. The highest BCUT2D eigenvalue weighted by molar-refractivity contribution is 5.64. The molecule has 0 saturated carbocycles. The molecule has 1 N–H and O–H groups in total. The van der Waals surface area contributed by atoms with E-state index in [4.69, 9.17) is 9.40 Å². The van der Waals surface area contributed by atoms with Gasteiger partial charge in [-0.3, -0.25) is 9.78 Å². The van der Waals surface area contributed by atoms with E-state index in [0.717, 1.165) is 23.2 Å². The van der Waals surface area contributed by atoms with Gasteiger partial charge < -0.3 is 14.3 Å². The van der Waals surface area contributed by atoms with Crippen molar-refractivity contribution in [2.75, 3.05) is 0 Å². The third-order valence-corrected chi connectivity index (χ3v) is 5.61. The predicted octanol–water partition coefficient (Wildman–Crippen LogP) is 5.21. The number of pyridine rings is 1. The van der Waals surface area contributed by atoms with E-state index in [0.29, 0.717) is 34.9 Å². The Balaban J connectivity index is 0.00000228. The Bertz CT molecular complexity index is 1380. The quantitative estimate of drug-likeness (QED) is 0.402. The molecule has 0 amide bonds.